The van der Waals surface area contributed by atoms with Gasteiger partial charge in [-0.3, -0.25) is 0 Å². The predicted octanol–water partition coefficient (Wildman–Crippen LogP) is 4.63. The van der Waals surface area contributed by atoms with Gasteiger partial charge in [-0.1, -0.05) is 24.4 Å². The Bertz CT molecular complexity index is 487. The number of hydrogen-bond donors (Lipinski definition) is 1. The van der Waals surface area contributed by atoms with E-state index in [9.17, 15) is 4.39 Å². The van der Waals surface area contributed by atoms with E-state index in [-0.39, 0.29) is 11.2 Å². The summed E-state index contributed by atoms with van der Waals surface area (Å²) in [6.07, 6.45) is 6.37. The molecule has 1 aromatic carbocycles. The third-order valence-corrected chi connectivity index (χ3v) is 5.26. The van der Waals surface area contributed by atoms with Gasteiger partial charge in [0.2, 0.25) is 0 Å². The van der Waals surface area contributed by atoms with Crippen LogP contribution in [0.4, 0.5) is 10.1 Å². The lowest BCUT2D eigenvalue weighted by molar-refractivity contribution is -0.114. The van der Waals surface area contributed by atoms with E-state index in [4.69, 9.17) is 16.3 Å². The molecule has 2 aliphatic rings. The quantitative estimate of drug-likeness (QED) is 0.875. The van der Waals surface area contributed by atoms with Gasteiger partial charge in [0.25, 0.3) is 0 Å². The molecule has 2 aliphatic carbocycles. The fourth-order valence-electron chi connectivity index (χ4n) is 3.88. The van der Waals surface area contributed by atoms with Crippen LogP contribution in [0.5, 0.6) is 0 Å². The lowest BCUT2D eigenvalue weighted by Crippen LogP contribution is -2.60. The minimum atomic E-state index is -0.295. The Labute approximate surface area is 124 Å². The number of ether oxygens (including phenoxy) is 1. The average Bonchev–Trinajstić information content (AvgIpc) is 2.92. The summed E-state index contributed by atoms with van der Waals surface area (Å²) in [6.45, 7) is 2.83. The molecule has 20 heavy (non-hydrogen) atoms. The molecule has 2 nitrogen and oxygen atoms in total. The van der Waals surface area contributed by atoms with Crippen LogP contribution in [0.2, 0.25) is 5.02 Å². The smallest absolute Gasteiger partial charge is 0.124 e. The van der Waals surface area contributed by atoms with E-state index in [1.165, 1.54) is 37.8 Å². The highest BCUT2D eigenvalue weighted by molar-refractivity contribution is 6.33. The van der Waals surface area contributed by atoms with Crippen LogP contribution in [-0.2, 0) is 4.74 Å². The molecule has 0 amide bonds. The summed E-state index contributed by atoms with van der Waals surface area (Å²) in [4.78, 5) is 0. The minimum Gasteiger partial charge on any atom is -0.380 e. The molecule has 1 spiro atoms. The molecule has 0 bridgehead atoms. The summed E-state index contributed by atoms with van der Waals surface area (Å²) in [6, 6.07) is 4.94. The molecule has 110 valence electrons. The Morgan fingerprint density at radius 1 is 1.40 bits per heavy atom. The van der Waals surface area contributed by atoms with Crippen molar-refractivity contribution in [3.8, 4) is 0 Å². The zero-order valence-electron chi connectivity index (χ0n) is 11.8. The molecule has 2 fully saturated rings. The van der Waals surface area contributed by atoms with Crippen molar-refractivity contribution in [1.29, 1.82) is 0 Å². The maximum atomic E-state index is 13.1. The summed E-state index contributed by atoms with van der Waals surface area (Å²) < 4.78 is 19.0. The van der Waals surface area contributed by atoms with Gasteiger partial charge in [-0.25, -0.2) is 4.39 Å². The van der Waals surface area contributed by atoms with Gasteiger partial charge in [0, 0.05) is 18.1 Å². The van der Waals surface area contributed by atoms with Gasteiger partial charge in [0.15, 0.2) is 0 Å². The maximum absolute atomic E-state index is 13.1. The summed E-state index contributed by atoms with van der Waals surface area (Å²) in [7, 11) is 0. The minimum absolute atomic E-state index is 0.258. The highest BCUT2D eigenvalue weighted by atomic mass is 35.5. The number of halogens is 2. The van der Waals surface area contributed by atoms with Gasteiger partial charge in [0.1, 0.15) is 5.82 Å². The first-order valence-corrected chi connectivity index (χ1v) is 7.87. The summed E-state index contributed by atoms with van der Waals surface area (Å²) in [5.41, 5.74) is 1.09. The highest BCUT2D eigenvalue weighted by Crippen LogP contribution is 2.55. The van der Waals surface area contributed by atoms with E-state index in [1.807, 2.05) is 0 Å². The first-order valence-electron chi connectivity index (χ1n) is 7.49. The van der Waals surface area contributed by atoms with Crippen molar-refractivity contribution in [3.05, 3.63) is 29.0 Å². The lowest BCUT2D eigenvalue weighted by Gasteiger charge is -2.54. The van der Waals surface area contributed by atoms with Crippen molar-refractivity contribution in [2.24, 2.45) is 5.41 Å². The predicted molar refractivity (Wildman–Crippen MR) is 79.8 cm³/mol. The molecule has 4 heteroatoms. The SMILES string of the molecule is CCOC1CC(Nc2ccc(F)cc2Cl)C12CCCC2. The number of nitrogens with one attached hydrogen (secondary N) is 1. The third-order valence-electron chi connectivity index (χ3n) is 4.95. The fraction of sp³-hybridized carbons (Fsp3) is 0.625. The van der Waals surface area contributed by atoms with E-state index < -0.39 is 0 Å². The topological polar surface area (TPSA) is 21.3 Å². The molecule has 0 heterocycles. The Hall–Kier alpha value is -0.800. The maximum Gasteiger partial charge on any atom is 0.124 e. The molecule has 2 saturated carbocycles. The van der Waals surface area contributed by atoms with E-state index in [2.05, 4.69) is 12.2 Å². The molecule has 0 aliphatic heterocycles. The molecule has 1 aromatic rings. The molecule has 2 atom stereocenters. The lowest BCUT2D eigenvalue weighted by atomic mass is 9.60. The second-order valence-electron chi connectivity index (χ2n) is 5.94. The number of rotatable bonds is 4. The highest BCUT2D eigenvalue weighted by Gasteiger charge is 2.56. The standard InChI is InChI=1S/C16H21ClFNO/c1-2-20-15-10-14(16(15)7-3-4-8-16)19-13-6-5-11(18)9-12(13)17/h5-6,9,14-15,19H,2-4,7-8,10H2,1H3. The molecule has 0 radical (unpaired) electrons. The first-order chi connectivity index (χ1) is 9.65. The van der Waals surface area contributed by atoms with Gasteiger partial charge in [-0.05, 0) is 44.4 Å². The normalized spacial score (nSPS) is 27.6. The Morgan fingerprint density at radius 2 is 2.15 bits per heavy atom. The van der Waals surface area contributed by atoms with Gasteiger partial charge in [-0.2, -0.15) is 0 Å². The Morgan fingerprint density at radius 3 is 2.80 bits per heavy atom. The average molecular weight is 298 g/mol. The number of anilines is 1. The third kappa shape index (κ3) is 2.31. The summed E-state index contributed by atoms with van der Waals surface area (Å²) in [5, 5.41) is 3.97. The Kier molecular flexibility index (Phi) is 3.91. The van der Waals surface area contributed by atoms with Gasteiger partial charge >= 0.3 is 0 Å². The van der Waals surface area contributed by atoms with Crippen molar-refractivity contribution in [2.45, 2.75) is 51.2 Å². The van der Waals surface area contributed by atoms with Crippen molar-refractivity contribution in [2.75, 3.05) is 11.9 Å². The summed E-state index contributed by atoms with van der Waals surface area (Å²) in [5.74, 6) is -0.295. The molecule has 0 saturated heterocycles. The molecule has 2 unspecified atom stereocenters. The van der Waals surface area contributed by atoms with Crippen LogP contribution in [0, 0.1) is 11.2 Å². The molecule has 0 aromatic heterocycles. The zero-order chi connectivity index (χ0) is 14.2. The van der Waals surface area contributed by atoms with E-state index in [0.717, 1.165) is 18.7 Å². The molecular formula is C16H21ClFNO. The van der Waals surface area contributed by atoms with E-state index in [0.29, 0.717) is 17.2 Å². The molecule has 1 N–H and O–H groups in total. The monoisotopic (exact) mass is 297 g/mol. The van der Waals surface area contributed by atoms with Gasteiger partial charge < -0.3 is 10.1 Å². The van der Waals surface area contributed by atoms with Crippen molar-refractivity contribution >= 4 is 17.3 Å². The van der Waals surface area contributed by atoms with Crippen molar-refractivity contribution in [1.82, 2.24) is 0 Å². The first kappa shape index (κ1) is 14.2. The van der Waals surface area contributed by atoms with Gasteiger partial charge in [0.05, 0.1) is 16.8 Å². The second-order valence-corrected chi connectivity index (χ2v) is 6.35. The van der Waals surface area contributed by atoms with Gasteiger partial charge in [-0.15, -0.1) is 0 Å². The Balaban J connectivity index is 1.74. The fourth-order valence-corrected chi connectivity index (χ4v) is 4.10. The second kappa shape index (κ2) is 5.53. The number of benzene rings is 1. The van der Waals surface area contributed by atoms with Crippen molar-refractivity contribution in [3.63, 3.8) is 0 Å². The summed E-state index contributed by atoms with van der Waals surface area (Å²) >= 11 is 6.11. The van der Waals surface area contributed by atoms with Crippen LogP contribution in [0.3, 0.4) is 0 Å². The van der Waals surface area contributed by atoms with Crippen LogP contribution < -0.4 is 5.32 Å². The van der Waals surface area contributed by atoms with Crippen LogP contribution in [-0.4, -0.2) is 18.8 Å². The molecule has 3 rings (SSSR count). The van der Waals surface area contributed by atoms with E-state index >= 15 is 0 Å². The van der Waals surface area contributed by atoms with Crippen LogP contribution in [0.1, 0.15) is 39.0 Å². The largest absolute Gasteiger partial charge is 0.380 e. The van der Waals surface area contributed by atoms with Crippen LogP contribution in [0.15, 0.2) is 18.2 Å². The zero-order valence-corrected chi connectivity index (χ0v) is 12.5. The molecular weight excluding hydrogens is 277 g/mol. The van der Waals surface area contributed by atoms with Crippen molar-refractivity contribution < 1.29 is 9.13 Å². The van der Waals surface area contributed by atoms with Crippen LogP contribution >= 0.6 is 11.6 Å². The number of hydrogen-bond acceptors (Lipinski definition) is 2. The van der Waals surface area contributed by atoms with Crippen LogP contribution in [0.25, 0.3) is 0 Å². The van der Waals surface area contributed by atoms with E-state index in [1.54, 1.807) is 6.07 Å².